The summed E-state index contributed by atoms with van der Waals surface area (Å²) >= 11 is 0. The van der Waals surface area contributed by atoms with Crippen LogP contribution in [0.2, 0.25) is 0 Å². The fourth-order valence-electron chi connectivity index (χ4n) is 7.43. The SMILES string of the molecule is CCC(=O)OC1CC[C@H]2[C@@H]3CCC4CC(=O)CC[C@]4(C)[C@H]3CC[C@]12C. The third-order valence-corrected chi connectivity index (χ3v) is 8.96. The summed E-state index contributed by atoms with van der Waals surface area (Å²) in [4.78, 5) is 23.9. The number of hydrogen-bond donors (Lipinski definition) is 0. The van der Waals surface area contributed by atoms with E-state index in [0.29, 0.717) is 29.5 Å². The molecule has 0 radical (unpaired) electrons. The van der Waals surface area contributed by atoms with Crippen LogP contribution in [-0.2, 0) is 14.3 Å². The van der Waals surface area contributed by atoms with Gasteiger partial charge in [-0.25, -0.2) is 0 Å². The predicted octanol–water partition coefficient (Wildman–Crippen LogP) is 4.92. The average Bonchev–Trinajstić information content (AvgIpc) is 2.92. The van der Waals surface area contributed by atoms with Gasteiger partial charge in [0.15, 0.2) is 0 Å². The quantitative estimate of drug-likeness (QED) is 0.667. The normalized spacial score (nSPS) is 49.1. The molecule has 4 aliphatic carbocycles. The lowest BCUT2D eigenvalue weighted by atomic mass is 9.45. The van der Waals surface area contributed by atoms with Crippen LogP contribution in [0.4, 0.5) is 0 Å². The highest BCUT2D eigenvalue weighted by Crippen LogP contribution is 2.66. The van der Waals surface area contributed by atoms with E-state index in [4.69, 9.17) is 4.74 Å². The van der Waals surface area contributed by atoms with Gasteiger partial charge in [0, 0.05) is 24.7 Å². The zero-order chi connectivity index (χ0) is 17.8. The minimum atomic E-state index is -0.0320. The van der Waals surface area contributed by atoms with Gasteiger partial charge in [-0.2, -0.15) is 0 Å². The third-order valence-electron chi connectivity index (χ3n) is 8.96. The molecule has 25 heavy (non-hydrogen) atoms. The van der Waals surface area contributed by atoms with Crippen molar-refractivity contribution in [3.8, 4) is 0 Å². The Morgan fingerprint density at radius 3 is 2.56 bits per heavy atom. The van der Waals surface area contributed by atoms with Gasteiger partial charge < -0.3 is 4.74 Å². The van der Waals surface area contributed by atoms with Crippen molar-refractivity contribution < 1.29 is 14.3 Å². The van der Waals surface area contributed by atoms with E-state index >= 15 is 0 Å². The van der Waals surface area contributed by atoms with Gasteiger partial charge >= 0.3 is 5.97 Å². The summed E-state index contributed by atoms with van der Waals surface area (Å²) in [5.74, 6) is 3.34. The molecule has 0 N–H and O–H groups in total. The predicted molar refractivity (Wildman–Crippen MR) is 96.9 cm³/mol. The summed E-state index contributed by atoms with van der Waals surface area (Å²) < 4.78 is 5.87. The summed E-state index contributed by atoms with van der Waals surface area (Å²) in [6.07, 6.45) is 10.6. The molecule has 3 nitrogen and oxygen atoms in total. The molecule has 4 aliphatic rings. The van der Waals surface area contributed by atoms with Crippen molar-refractivity contribution in [1.82, 2.24) is 0 Å². The topological polar surface area (TPSA) is 43.4 Å². The number of esters is 1. The van der Waals surface area contributed by atoms with Crippen LogP contribution in [-0.4, -0.2) is 17.9 Å². The Balaban J connectivity index is 1.56. The van der Waals surface area contributed by atoms with E-state index in [1.807, 2.05) is 6.92 Å². The van der Waals surface area contributed by atoms with Crippen LogP contribution in [0.1, 0.15) is 85.0 Å². The Bertz CT molecular complexity index is 570. The molecular formula is C22H34O3. The molecule has 0 amide bonds. The van der Waals surface area contributed by atoms with Crippen LogP contribution in [0.3, 0.4) is 0 Å². The highest BCUT2D eigenvalue weighted by molar-refractivity contribution is 5.79. The minimum absolute atomic E-state index is 0.0320. The highest BCUT2D eigenvalue weighted by Gasteiger charge is 2.61. The first-order valence-electron chi connectivity index (χ1n) is 10.6. The van der Waals surface area contributed by atoms with Crippen LogP contribution in [0.15, 0.2) is 0 Å². The average molecular weight is 347 g/mol. The number of hydrogen-bond acceptors (Lipinski definition) is 3. The molecule has 0 aromatic heterocycles. The number of fused-ring (bicyclic) bond motifs is 5. The van der Waals surface area contributed by atoms with Gasteiger partial charge in [0.05, 0.1) is 0 Å². The van der Waals surface area contributed by atoms with E-state index in [9.17, 15) is 9.59 Å². The van der Waals surface area contributed by atoms with E-state index in [2.05, 4.69) is 13.8 Å². The molecule has 2 unspecified atom stereocenters. The monoisotopic (exact) mass is 346 g/mol. The highest BCUT2D eigenvalue weighted by atomic mass is 16.5. The number of rotatable bonds is 2. The number of ketones is 1. The molecule has 140 valence electrons. The Kier molecular flexibility index (Phi) is 4.28. The molecule has 7 atom stereocenters. The first kappa shape index (κ1) is 17.5. The number of Topliss-reactive ketones (excluding diaryl/α,β-unsaturated/α-hetero) is 1. The van der Waals surface area contributed by atoms with Crippen LogP contribution in [0.25, 0.3) is 0 Å². The summed E-state index contributed by atoms with van der Waals surface area (Å²) in [7, 11) is 0. The van der Waals surface area contributed by atoms with E-state index in [-0.39, 0.29) is 17.5 Å². The molecular weight excluding hydrogens is 312 g/mol. The maximum absolute atomic E-state index is 12.0. The molecule has 0 aromatic rings. The van der Waals surface area contributed by atoms with Gasteiger partial charge in [0.2, 0.25) is 0 Å². The lowest BCUT2D eigenvalue weighted by molar-refractivity contribution is -0.163. The Labute approximate surface area is 152 Å². The van der Waals surface area contributed by atoms with Crippen molar-refractivity contribution in [1.29, 1.82) is 0 Å². The second-order valence-corrected chi connectivity index (χ2v) is 9.85. The summed E-state index contributed by atoms with van der Waals surface area (Å²) in [5, 5.41) is 0. The Hall–Kier alpha value is -0.860. The Morgan fingerprint density at radius 2 is 1.80 bits per heavy atom. The van der Waals surface area contributed by atoms with Crippen molar-refractivity contribution in [2.24, 2.45) is 34.5 Å². The first-order chi connectivity index (χ1) is 11.9. The molecule has 0 saturated heterocycles. The molecule has 0 heterocycles. The van der Waals surface area contributed by atoms with E-state index in [1.165, 1.54) is 32.1 Å². The number of carbonyl (C=O) groups is 2. The first-order valence-corrected chi connectivity index (χ1v) is 10.6. The molecule has 3 heteroatoms. The molecule has 4 saturated carbocycles. The molecule has 0 aliphatic heterocycles. The van der Waals surface area contributed by atoms with Gasteiger partial charge in [0.25, 0.3) is 0 Å². The second-order valence-electron chi connectivity index (χ2n) is 9.85. The molecule has 0 aromatic carbocycles. The van der Waals surface area contributed by atoms with Crippen molar-refractivity contribution in [3.05, 3.63) is 0 Å². The molecule has 4 fully saturated rings. The van der Waals surface area contributed by atoms with Gasteiger partial charge in [-0.1, -0.05) is 20.8 Å². The summed E-state index contributed by atoms with van der Waals surface area (Å²) in [6, 6.07) is 0. The van der Waals surface area contributed by atoms with Crippen LogP contribution in [0, 0.1) is 34.5 Å². The number of carbonyl (C=O) groups excluding carboxylic acids is 2. The molecule has 0 bridgehead atoms. The largest absolute Gasteiger partial charge is 0.462 e. The standard InChI is InChI=1S/C22H34O3/c1-4-20(24)25-19-8-7-17-16-6-5-14-13-15(23)9-11-21(14,2)18(16)10-12-22(17,19)3/h14,16-19H,4-13H2,1-3H3/t14?,16-,17-,18-,19?,21-,22-/m0/s1. The van der Waals surface area contributed by atoms with Crippen molar-refractivity contribution in [2.75, 3.05) is 0 Å². The van der Waals surface area contributed by atoms with Crippen molar-refractivity contribution in [2.45, 2.75) is 91.1 Å². The summed E-state index contributed by atoms with van der Waals surface area (Å²) in [6.45, 7) is 6.78. The fourth-order valence-corrected chi connectivity index (χ4v) is 7.43. The lowest BCUT2D eigenvalue weighted by Crippen LogP contribution is -2.54. The minimum Gasteiger partial charge on any atom is -0.462 e. The third kappa shape index (κ3) is 2.59. The Morgan fingerprint density at radius 1 is 1.04 bits per heavy atom. The van der Waals surface area contributed by atoms with Crippen LogP contribution >= 0.6 is 0 Å². The van der Waals surface area contributed by atoms with Crippen molar-refractivity contribution in [3.63, 3.8) is 0 Å². The fraction of sp³-hybridized carbons (Fsp3) is 0.909. The summed E-state index contributed by atoms with van der Waals surface area (Å²) in [5.41, 5.74) is 0.552. The second kappa shape index (κ2) is 6.09. The maximum Gasteiger partial charge on any atom is 0.305 e. The van der Waals surface area contributed by atoms with Crippen LogP contribution < -0.4 is 0 Å². The zero-order valence-electron chi connectivity index (χ0n) is 16.2. The van der Waals surface area contributed by atoms with Gasteiger partial charge in [-0.15, -0.1) is 0 Å². The maximum atomic E-state index is 12.0. The lowest BCUT2D eigenvalue weighted by Gasteiger charge is -2.60. The van der Waals surface area contributed by atoms with E-state index in [0.717, 1.165) is 37.5 Å². The van der Waals surface area contributed by atoms with Gasteiger partial charge in [0.1, 0.15) is 11.9 Å². The number of ether oxygens (including phenoxy) is 1. The zero-order valence-corrected chi connectivity index (χ0v) is 16.2. The molecule has 4 rings (SSSR count). The smallest absolute Gasteiger partial charge is 0.305 e. The van der Waals surface area contributed by atoms with Gasteiger partial charge in [-0.05, 0) is 74.0 Å². The molecule has 0 spiro atoms. The van der Waals surface area contributed by atoms with Gasteiger partial charge in [-0.3, -0.25) is 9.59 Å². The van der Waals surface area contributed by atoms with Crippen LogP contribution in [0.5, 0.6) is 0 Å². The van der Waals surface area contributed by atoms with E-state index in [1.54, 1.807) is 0 Å². The van der Waals surface area contributed by atoms with Crippen molar-refractivity contribution >= 4 is 11.8 Å². The van der Waals surface area contributed by atoms with E-state index < -0.39 is 0 Å².